The zero-order chi connectivity index (χ0) is 18.8. The van der Waals surface area contributed by atoms with Crippen molar-refractivity contribution in [2.75, 3.05) is 0 Å². The predicted octanol–water partition coefficient (Wildman–Crippen LogP) is 4.44. The van der Waals surface area contributed by atoms with Gasteiger partial charge in [0.1, 0.15) is 10.8 Å². The third-order valence-electron chi connectivity index (χ3n) is 5.01. The van der Waals surface area contributed by atoms with E-state index in [0.717, 1.165) is 24.1 Å². The van der Waals surface area contributed by atoms with Crippen LogP contribution >= 0.6 is 11.6 Å². The Morgan fingerprint density at radius 3 is 2.78 bits per heavy atom. The van der Waals surface area contributed by atoms with Crippen LogP contribution < -0.4 is 0 Å². The van der Waals surface area contributed by atoms with Gasteiger partial charge in [0.05, 0.1) is 12.1 Å². The van der Waals surface area contributed by atoms with E-state index < -0.39 is 12.6 Å². The number of H-pyrrole nitrogens is 1. The topological polar surface area (TPSA) is 58.9 Å². The monoisotopic (exact) mass is 391 g/mol. The van der Waals surface area contributed by atoms with Gasteiger partial charge in [-0.15, -0.1) is 0 Å². The number of hydrogen-bond donors (Lipinski definition) is 1. The summed E-state index contributed by atoms with van der Waals surface area (Å²) in [6.07, 6.45) is -0.149. The van der Waals surface area contributed by atoms with Gasteiger partial charge in [-0.05, 0) is 37.1 Å². The van der Waals surface area contributed by atoms with Gasteiger partial charge in [0, 0.05) is 34.5 Å². The fourth-order valence-electron chi connectivity index (χ4n) is 3.67. The maximum atomic E-state index is 12.7. The number of alkyl halides is 3. The summed E-state index contributed by atoms with van der Waals surface area (Å²) < 4.78 is 39.6. The standard InChI is InChI=1S/C18H13ClF3N5/c19-14-8-12(16-23-5-6-27(16)26-14)17(3-4-17)13-2-1-10-7-11(9-18(20,21)22)24-15(10)25-13/h1-2,5-8H,3-4,9H2,(H,24,25). The van der Waals surface area contributed by atoms with Crippen LogP contribution in [-0.2, 0) is 11.8 Å². The molecule has 4 heterocycles. The van der Waals surface area contributed by atoms with E-state index >= 15 is 0 Å². The molecule has 0 saturated heterocycles. The van der Waals surface area contributed by atoms with Crippen molar-refractivity contribution in [1.82, 2.24) is 24.6 Å². The Balaban J connectivity index is 1.61. The van der Waals surface area contributed by atoms with Gasteiger partial charge in [-0.25, -0.2) is 14.5 Å². The Kier molecular flexibility index (Phi) is 3.34. The van der Waals surface area contributed by atoms with E-state index in [9.17, 15) is 13.2 Å². The number of hydrogen-bond acceptors (Lipinski definition) is 3. The van der Waals surface area contributed by atoms with Crippen molar-refractivity contribution in [3.05, 3.63) is 58.8 Å². The van der Waals surface area contributed by atoms with Gasteiger partial charge >= 0.3 is 6.18 Å². The molecule has 5 nitrogen and oxygen atoms in total. The molecule has 0 aliphatic heterocycles. The Hall–Kier alpha value is -2.61. The molecule has 0 radical (unpaired) electrons. The average molecular weight is 392 g/mol. The molecular weight excluding hydrogens is 379 g/mol. The van der Waals surface area contributed by atoms with Crippen LogP contribution in [0.3, 0.4) is 0 Å². The predicted molar refractivity (Wildman–Crippen MR) is 93.9 cm³/mol. The van der Waals surface area contributed by atoms with Gasteiger partial charge in [-0.1, -0.05) is 11.6 Å². The number of halogens is 4. The van der Waals surface area contributed by atoms with Crippen LogP contribution in [0.4, 0.5) is 13.2 Å². The van der Waals surface area contributed by atoms with E-state index in [1.54, 1.807) is 29.0 Å². The van der Waals surface area contributed by atoms with Gasteiger partial charge < -0.3 is 4.98 Å². The Bertz CT molecular complexity index is 1170. The number of nitrogens with zero attached hydrogens (tertiary/aromatic N) is 4. The molecule has 1 aliphatic carbocycles. The molecule has 1 aliphatic rings. The first-order valence-electron chi connectivity index (χ1n) is 8.40. The SMILES string of the molecule is FC(F)(F)Cc1cc2ccc(C3(c4cc(Cl)nn5ccnc45)CC3)nc2[nH]1. The Morgan fingerprint density at radius 1 is 1.22 bits per heavy atom. The van der Waals surface area contributed by atoms with Crippen molar-refractivity contribution >= 4 is 28.3 Å². The van der Waals surface area contributed by atoms with E-state index in [1.165, 1.54) is 6.07 Å². The molecule has 9 heteroatoms. The van der Waals surface area contributed by atoms with E-state index in [2.05, 4.69) is 20.1 Å². The lowest BCUT2D eigenvalue weighted by Crippen LogP contribution is -2.14. The van der Waals surface area contributed by atoms with E-state index in [1.807, 2.05) is 6.07 Å². The van der Waals surface area contributed by atoms with Crippen molar-refractivity contribution in [3.8, 4) is 0 Å². The maximum absolute atomic E-state index is 12.7. The summed E-state index contributed by atoms with van der Waals surface area (Å²) in [7, 11) is 0. The highest BCUT2D eigenvalue weighted by atomic mass is 35.5. The largest absolute Gasteiger partial charge is 0.394 e. The fraction of sp³-hybridized carbons (Fsp3) is 0.278. The van der Waals surface area contributed by atoms with Crippen molar-refractivity contribution in [2.45, 2.75) is 30.9 Å². The number of rotatable bonds is 3. The first kappa shape index (κ1) is 16.6. The smallest absolute Gasteiger partial charge is 0.343 e. The third kappa shape index (κ3) is 2.75. The third-order valence-corrected chi connectivity index (χ3v) is 5.20. The molecule has 0 unspecified atom stereocenters. The van der Waals surface area contributed by atoms with Crippen LogP contribution in [0, 0.1) is 0 Å². The zero-order valence-electron chi connectivity index (χ0n) is 13.9. The van der Waals surface area contributed by atoms with E-state index in [4.69, 9.17) is 11.6 Å². The van der Waals surface area contributed by atoms with Crippen LogP contribution in [0.1, 0.15) is 29.8 Å². The Labute approximate surface area is 156 Å². The molecule has 0 amide bonds. The van der Waals surface area contributed by atoms with Crippen molar-refractivity contribution in [2.24, 2.45) is 0 Å². The minimum absolute atomic E-state index is 0.106. The maximum Gasteiger partial charge on any atom is 0.394 e. The second-order valence-corrected chi connectivity index (χ2v) is 7.27. The molecule has 0 bridgehead atoms. The number of fused-ring (bicyclic) bond motifs is 2. The normalized spacial score (nSPS) is 16.3. The number of nitrogens with one attached hydrogen (secondary N) is 1. The summed E-state index contributed by atoms with van der Waals surface area (Å²) in [6, 6.07) is 6.97. The highest BCUT2D eigenvalue weighted by Crippen LogP contribution is 2.54. The molecule has 0 spiro atoms. The van der Waals surface area contributed by atoms with Crippen LogP contribution in [0.15, 0.2) is 36.7 Å². The summed E-state index contributed by atoms with van der Waals surface area (Å²) in [5.41, 5.74) is 2.65. The van der Waals surface area contributed by atoms with Gasteiger partial charge in [-0.3, -0.25) is 0 Å². The van der Waals surface area contributed by atoms with Crippen LogP contribution in [-0.4, -0.2) is 30.7 Å². The molecule has 4 aromatic rings. The molecular formula is C18H13ClF3N5. The molecule has 0 aromatic carbocycles. The lowest BCUT2D eigenvalue weighted by Gasteiger charge is -2.16. The highest BCUT2D eigenvalue weighted by molar-refractivity contribution is 6.29. The second-order valence-electron chi connectivity index (χ2n) is 6.88. The molecule has 1 fully saturated rings. The van der Waals surface area contributed by atoms with E-state index in [0.29, 0.717) is 21.8 Å². The summed E-state index contributed by atoms with van der Waals surface area (Å²) in [5.74, 6) is 0. The first-order valence-corrected chi connectivity index (χ1v) is 8.78. The Morgan fingerprint density at radius 2 is 2.04 bits per heavy atom. The summed E-state index contributed by atoms with van der Waals surface area (Å²) in [5, 5.41) is 5.22. The average Bonchev–Trinajstić information content (AvgIpc) is 3.08. The zero-order valence-corrected chi connectivity index (χ0v) is 14.6. The van der Waals surface area contributed by atoms with Gasteiger partial charge in [0.2, 0.25) is 0 Å². The summed E-state index contributed by atoms with van der Waals surface area (Å²) >= 11 is 6.17. The molecule has 0 atom stereocenters. The second kappa shape index (κ2) is 5.45. The summed E-state index contributed by atoms with van der Waals surface area (Å²) in [6.45, 7) is 0. The minimum atomic E-state index is -4.26. The lowest BCUT2D eigenvalue weighted by atomic mass is 9.93. The van der Waals surface area contributed by atoms with Gasteiger partial charge in [0.15, 0.2) is 5.65 Å². The van der Waals surface area contributed by atoms with Crippen molar-refractivity contribution in [1.29, 1.82) is 0 Å². The summed E-state index contributed by atoms with van der Waals surface area (Å²) in [4.78, 5) is 11.8. The van der Waals surface area contributed by atoms with Crippen LogP contribution in [0.2, 0.25) is 5.15 Å². The number of pyridine rings is 1. The minimum Gasteiger partial charge on any atom is -0.343 e. The van der Waals surface area contributed by atoms with Crippen molar-refractivity contribution in [3.63, 3.8) is 0 Å². The van der Waals surface area contributed by atoms with Crippen LogP contribution in [0.5, 0.6) is 0 Å². The highest BCUT2D eigenvalue weighted by Gasteiger charge is 2.49. The first-order chi connectivity index (χ1) is 12.8. The molecule has 138 valence electrons. The molecule has 1 N–H and O–H groups in total. The van der Waals surface area contributed by atoms with Gasteiger partial charge in [0.25, 0.3) is 0 Å². The fourth-order valence-corrected chi connectivity index (χ4v) is 3.86. The molecule has 5 rings (SSSR count). The van der Waals surface area contributed by atoms with Gasteiger partial charge in [-0.2, -0.15) is 18.3 Å². The van der Waals surface area contributed by atoms with E-state index in [-0.39, 0.29) is 11.1 Å². The number of aromatic nitrogens is 5. The molecule has 4 aromatic heterocycles. The lowest BCUT2D eigenvalue weighted by molar-refractivity contribution is -0.127. The molecule has 1 saturated carbocycles. The molecule has 27 heavy (non-hydrogen) atoms. The number of imidazole rings is 1. The quantitative estimate of drug-likeness (QED) is 0.561. The van der Waals surface area contributed by atoms with Crippen LogP contribution in [0.25, 0.3) is 16.7 Å². The number of aromatic amines is 1. The van der Waals surface area contributed by atoms with Crippen molar-refractivity contribution < 1.29 is 13.2 Å².